The summed E-state index contributed by atoms with van der Waals surface area (Å²) in [6.45, 7) is 4.36. The lowest BCUT2D eigenvalue weighted by Gasteiger charge is -2.19. The molecule has 1 saturated heterocycles. The third-order valence-electron chi connectivity index (χ3n) is 2.51. The fourth-order valence-electron chi connectivity index (χ4n) is 1.50. The molecule has 2 unspecified atom stereocenters. The van der Waals surface area contributed by atoms with Crippen molar-refractivity contribution >= 4 is 0 Å². The molecule has 0 spiro atoms. The fourth-order valence-corrected chi connectivity index (χ4v) is 1.50. The van der Waals surface area contributed by atoms with E-state index >= 15 is 0 Å². The summed E-state index contributed by atoms with van der Waals surface area (Å²) in [7, 11) is 0. The molecule has 1 aliphatic heterocycles. The first-order chi connectivity index (χ1) is 7.79. The van der Waals surface area contributed by atoms with Crippen LogP contribution < -0.4 is 5.73 Å². The van der Waals surface area contributed by atoms with Crippen LogP contribution in [0, 0.1) is 5.92 Å². The maximum absolute atomic E-state index is 5.53. The highest BCUT2D eigenvalue weighted by molar-refractivity contribution is 4.93. The zero-order valence-corrected chi connectivity index (χ0v) is 9.39. The van der Waals surface area contributed by atoms with Crippen LogP contribution in [0.2, 0.25) is 0 Å². The predicted octanol–water partition coefficient (Wildman–Crippen LogP) is 0.295. The summed E-state index contributed by atoms with van der Waals surface area (Å²) >= 11 is 0. The van der Waals surface area contributed by atoms with E-state index in [1.54, 1.807) is 0 Å². The smallest absolute Gasteiger partial charge is 0.227 e. The van der Waals surface area contributed by atoms with Crippen molar-refractivity contribution in [1.82, 2.24) is 10.1 Å². The Labute approximate surface area is 94.1 Å². The van der Waals surface area contributed by atoms with Gasteiger partial charge in [0.15, 0.2) is 0 Å². The van der Waals surface area contributed by atoms with E-state index in [1.807, 2.05) is 6.92 Å². The van der Waals surface area contributed by atoms with E-state index in [0.717, 1.165) is 0 Å². The van der Waals surface area contributed by atoms with Gasteiger partial charge in [-0.1, -0.05) is 12.1 Å². The highest BCUT2D eigenvalue weighted by Crippen LogP contribution is 2.18. The van der Waals surface area contributed by atoms with E-state index in [9.17, 15) is 0 Å². The van der Waals surface area contributed by atoms with Gasteiger partial charge in [0.2, 0.25) is 11.7 Å². The van der Waals surface area contributed by atoms with Gasteiger partial charge in [-0.3, -0.25) is 0 Å². The van der Waals surface area contributed by atoms with Crippen LogP contribution >= 0.6 is 0 Å². The van der Waals surface area contributed by atoms with Gasteiger partial charge in [-0.15, -0.1) is 0 Å². The van der Waals surface area contributed by atoms with Gasteiger partial charge in [0, 0.05) is 6.42 Å². The Bertz CT molecular complexity index is 323. The van der Waals surface area contributed by atoms with Crippen molar-refractivity contribution < 1.29 is 14.0 Å². The lowest BCUT2D eigenvalue weighted by atomic mass is 10.1. The Morgan fingerprint density at radius 2 is 2.38 bits per heavy atom. The summed E-state index contributed by atoms with van der Waals surface area (Å²) in [5.74, 6) is 1.53. The highest BCUT2D eigenvalue weighted by atomic mass is 16.6. The molecule has 2 atom stereocenters. The first-order valence-corrected chi connectivity index (χ1v) is 5.51. The van der Waals surface area contributed by atoms with Crippen molar-refractivity contribution in [3.63, 3.8) is 0 Å². The fraction of sp³-hybridized carbons (Fsp3) is 0.800. The zero-order valence-electron chi connectivity index (χ0n) is 9.39. The molecule has 90 valence electrons. The minimum atomic E-state index is -0.195. The molecule has 1 aromatic heterocycles. The summed E-state index contributed by atoms with van der Waals surface area (Å²) < 4.78 is 15.9. The van der Waals surface area contributed by atoms with Crippen molar-refractivity contribution in [3.8, 4) is 0 Å². The van der Waals surface area contributed by atoms with Gasteiger partial charge < -0.3 is 19.7 Å². The number of aromatic nitrogens is 2. The minimum absolute atomic E-state index is 0.195. The molecule has 0 amide bonds. The minimum Gasteiger partial charge on any atom is -0.376 e. The van der Waals surface area contributed by atoms with Crippen molar-refractivity contribution in [2.45, 2.75) is 19.4 Å². The molecular weight excluding hydrogens is 210 g/mol. The Morgan fingerprint density at radius 3 is 3.06 bits per heavy atom. The molecule has 16 heavy (non-hydrogen) atoms. The molecule has 0 aliphatic carbocycles. The third kappa shape index (κ3) is 2.78. The van der Waals surface area contributed by atoms with Crippen molar-refractivity contribution in [2.75, 3.05) is 26.4 Å². The molecular formula is C10H17N3O3. The normalized spacial score (nSPS) is 23.2. The van der Waals surface area contributed by atoms with Crippen LogP contribution in [0.25, 0.3) is 0 Å². The molecule has 2 rings (SSSR count). The molecule has 6 nitrogen and oxygen atoms in total. The van der Waals surface area contributed by atoms with Crippen molar-refractivity contribution in [2.24, 2.45) is 11.7 Å². The van der Waals surface area contributed by atoms with Gasteiger partial charge >= 0.3 is 0 Å². The van der Waals surface area contributed by atoms with Crippen molar-refractivity contribution in [3.05, 3.63) is 11.7 Å². The van der Waals surface area contributed by atoms with E-state index in [0.29, 0.717) is 50.4 Å². The molecule has 1 fully saturated rings. The second-order valence-corrected chi connectivity index (χ2v) is 4.03. The van der Waals surface area contributed by atoms with E-state index in [4.69, 9.17) is 19.7 Å². The molecule has 0 bridgehead atoms. The third-order valence-corrected chi connectivity index (χ3v) is 2.51. The van der Waals surface area contributed by atoms with Crippen LogP contribution in [-0.2, 0) is 15.9 Å². The van der Waals surface area contributed by atoms with Crippen LogP contribution in [0.3, 0.4) is 0 Å². The molecule has 2 heterocycles. The topological polar surface area (TPSA) is 83.4 Å². The number of nitrogens with zero attached hydrogens (tertiary/aromatic N) is 2. The maximum Gasteiger partial charge on any atom is 0.227 e. The lowest BCUT2D eigenvalue weighted by molar-refractivity contribution is -0.0941. The van der Waals surface area contributed by atoms with Crippen LogP contribution in [0.15, 0.2) is 4.52 Å². The number of hydrogen-bond donors (Lipinski definition) is 1. The summed E-state index contributed by atoms with van der Waals surface area (Å²) in [6, 6.07) is 0. The first-order valence-electron chi connectivity index (χ1n) is 5.51. The average Bonchev–Trinajstić information content (AvgIpc) is 2.78. The second-order valence-electron chi connectivity index (χ2n) is 4.03. The van der Waals surface area contributed by atoms with E-state index in [-0.39, 0.29) is 6.10 Å². The van der Waals surface area contributed by atoms with Gasteiger partial charge in [0.1, 0.15) is 6.10 Å². The predicted molar refractivity (Wildman–Crippen MR) is 55.7 cm³/mol. The molecule has 0 radical (unpaired) electrons. The summed E-state index contributed by atoms with van der Waals surface area (Å²) in [5.41, 5.74) is 5.53. The number of hydrogen-bond acceptors (Lipinski definition) is 6. The quantitative estimate of drug-likeness (QED) is 0.796. The SMILES string of the molecule is CC(CN)Cc1nc(C2COCCO2)no1. The summed E-state index contributed by atoms with van der Waals surface area (Å²) in [4.78, 5) is 4.28. The van der Waals surface area contributed by atoms with E-state index < -0.39 is 0 Å². The highest BCUT2D eigenvalue weighted by Gasteiger charge is 2.22. The lowest BCUT2D eigenvalue weighted by Crippen LogP contribution is -2.22. The Balaban J connectivity index is 1.95. The number of rotatable bonds is 4. The van der Waals surface area contributed by atoms with Gasteiger partial charge in [0.25, 0.3) is 0 Å². The second kappa shape index (κ2) is 5.38. The van der Waals surface area contributed by atoms with Crippen LogP contribution in [0.5, 0.6) is 0 Å². The molecule has 0 saturated carbocycles. The van der Waals surface area contributed by atoms with Crippen LogP contribution in [0.4, 0.5) is 0 Å². The maximum atomic E-state index is 5.53. The van der Waals surface area contributed by atoms with Crippen molar-refractivity contribution in [1.29, 1.82) is 0 Å². The Kier molecular flexibility index (Phi) is 3.87. The van der Waals surface area contributed by atoms with Gasteiger partial charge in [-0.05, 0) is 12.5 Å². The monoisotopic (exact) mass is 227 g/mol. The average molecular weight is 227 g/mol. The van der Waals surface area contributed by atoms with E-state index in [2.05, 4.69) is 10.1 Å². The first kappa shape index (κ1) is 11.5. The zero-order chi connectivity index (χ0) is 11.4. The summed E-state index contributed by atoms with van der Waals surface area (Å²) in [6.07, 6.45) is 0.510. The van der Waals surface area contributed by atoms with Crippen LogP contribution in [0.1, 0.15) is 24.7 Å². The largest absolute Gasteiger partial charge is 0.376 e. The standard InChI is InChI=1S/C10H17N3O3/c1-7(5-11)4-9-12-10(13-16-9)8-6-14-2-3-15-8/h7-8H,2-6,11H2,1H3. The molecule has 1 aromatic rings. The molecule has 0 aromatic carbocycles. The van der Waals surface area contributed by atoms with Gasteiger partial charge in [-0.2, -0.15) is 4.98 Å². The molecule has 6 heteroatoms. The van der Waals surface area contributed by atoms with Gasteiger partial charge in [-0.25, -0.2) is 0 Å². The Morgan fingerprint density at radius 1 is 1.50 bits per heavy atom. The Hall–Kier alpha value is -0.980. The van der Waals surface area contributed by atoms with Gasteiger partial charge in [0.05, 0.1) is 19.8 Å². The molecule has 2 N–H and O–H groups in total. The summed E-state index contributed by atoms with van der Waals surface area (Å²) in [5, 5.41) is 3.90. The number of nitrogens with two attached hydrogens (primary N) is 1. The number of ether oxygens (including phenoxy) is 2. The van der Waals surface area contributed by atoms with E-state index in [1.165, 1.54) is 0 Å². The van der Waals surface area contributed by atoms with Crippen LogP contribution in [-0.4, -0.2) is 36.5 Å². The molecule has 1 aliphatic rings.